The fourth-order valence-electron chi connectivity index (χ4n) is 4.30. The summed E-state index contributed by atoms with van der Waals surface area (Å²) in [4.78, 5) is 21.9. The van der Waals surface area contributed by atoms with E-state index in [0.717, 1.165) is 35.0 Å². The Hall–Kier alpha value is -5.19. The molecule has 27 heteroatoms. The fraction of sp³-hybridized carbons (Fsp3) is 0.0400. The summed E-state index contributed by atoms with van der Waals surface area (Å²) in [5.41, 5.74) is -1.98. The Morgan fingerprint density at radius 2 is 1.25 bits per heavy atom. The summed E-state index contributed by atoms with van der Waals surface area (Å²) in [5.74, 6) is -0.894. The van der Waals surface area contributed by atoms with Crippen LogP contribution >= 0.6 is 11.6 Å². The lowest BCUT2D eigenvalue weighted by Gasteiger charge is -2.12. The Labute approximate surface area is 297 Å². The summed E-state index contributed by atoms with van der Waals surface area (Å²) < 4.78 is 133. The molecule has 5 aromatic rings. The van der Waals surface area contributed by atoms with E-state index in [1.807, 2.05) is 0 Å². The number of rotatable bonds is 11. The highest BCUT2D eigenvalue weighted by molar-refractivity contribution is 7.86. The van der Waals surface area contributed by atoms with Gasteiger partial charge in [-0.15, -0.1) is 10.2 Å². The molecule has 0 aliphatic carbocycles. The maximum absolute atomic E-state index is 13.1. The van der Waals surface area contributed by atoms with Gasteiger partial charge >= 0.3 is 0 Å². The van der Waals surface area contributed by atoms with Crippen LogP contribution in [0.15, 0.2) is 95.3 Å². The van der Waals surface area contributed by atoms with Crippen LogP contribution in [-0.2, 0) is 40.5 Å². The monoisotopic (exact) mass is 817 g/mol. The number of hydrogen-bond acceptors (Lipinski definition) is 16. The van der Waals surface area contributed by atoms with E-state index in [4.69, 9.17) is 11.6 Å². The minimum Gasteiger partial charge on any atom is -0.324 e. The third-order valence-electron chi connectivity index (χ3n) is 6.57. The van der Waals surface area contributed by atoms with E-state index in [2.05, 4.69) is 40.9 Å². The fourth-order valence-corrected chi connectivity index (χ4v) is 6.68. The van der Waals surface area contributed by atoms with Crippen LogP contribution in [0.1, 0.15) is 5.69 Å². The van der Waals surface area contributed by atoms with Crippen LogP contribution in [0.4, 0.5) is 34.6 Å². The van der Waals surface area contributed by atoms with Crippen LogP contribution < -0.4 is 16.2 Å². The number of azo groups is 1. The number of benzene rings is 3. The van der Waals surface area contributed by atoms with Gasteiger partial charge in [0.1, 0.15) is 15.5 Å². The standard InChI is InChI=1S/C25H20ClN9O13S4/c1-12-21(22(36)35(34-12)14-3-5-15(6-4-14)49(37,38)39)33-32-18-10-13(2-8-20(18)52(46,47)48)27-24-29-23(26)30-25(31-24)28-17-11-16(50(40,41)42)7-9-19(17)51(43,44)45/h2-11,34H,1H3,(H,37,38,39)(H,40,41,42)(H,43,44,45)(H,46,47,48)(H2,27,28,29,30,31). The molecule has 0 saturated carbocycles. The van der Waals surface area contributed by atoms with E-state index in [1.54, 1.807) is 0 Å². The van der Waals surface area contributed by atoms with Gasteiger partial charge in [-0.2, -0.15) is 48.6 Å². The first-order chi connectivity index (χ1) is 24.0. The van der Waals surface area contributed by atoms with Gasteiger partial charge in [0.2, 0.25) is 17.2 Å². The van der Waals surface area contributed by atoms with Crippen molar-refractivity contribution in [3.63, 3.8) is 0 Å². The van der Waals surface area contributed by atoms with Gasteiger partial charge in [-0.1, -0.05) is 0 Å². The van der Waals surface area contributed by atoms with Crippen molar-refractivity contribution in [3.05, 3.63) is 82.0 Å². The Kier molecular flexibility index (Phi) is 10.1. The quantitative estimate of drug-likeness (QED) is 0.0743. The third-order valence-corrected chi connectivity index (χ3v) is 10.3. The van der Waals surface area contributed by atoms with Crippen LogP contribution in [-0.4, -0.2) is 76.6 Å². The second kappa shape index (κ2) is 13.7. The smallest absolute Gasteiger partial charge is 0.299 e. The molecule has 0 aliphatic heterocycles. The van der Waals surface area contributed by atoms with Gasteiger partial charge in [0, 0.05) is 5.69 Å². The average Bonchev–Trinajstić information content (AvgIpc) is 3.30. The first-order valence-corrected chi connectivity index (χ1v) is 19.6. The van der Waals surface area contributed by atoms with Gasteiger partial charge in [0.15, 0.2) is 5.69 Å². The molecule has 3 aromatic carbocycles. The molecule has 0 saturated heterocycles. The van der Waals surface area contributed by atoms with E-state index in [1.165, 1.54) is 19.1 Å². The Bertz CT molecular complexity index is 2790. The Morgan fingerprint density at radius 3 is 1.83 bits per heavy atom. The lowest BCUT2D eigenvalue weighted by molar-refractivity contribution is 0.479. The number of nitrogens with one attached hydrogen (secondary N) is 3. The van der Waals surface area contributed by atoms with Crippen molar-refractivity contribution >= 4 is 86.7 Å². The third kappa shape index (κ3) is 8.63. The number of hydrogen-bond donors (Lipinski definition) is 7. The first kappa shape index (κ1) is 38.1. The number of aromatic amines is 1. The number of halogens is 1. The number of nitrogens with zero attached hydrogens (tertiary/aromatic N) is 6. The van der Waals surface area contributed by atoms with Crippen LogP contribution in [0.5, 0.6) is 0 Å². The molecule has 0 radical (unpaired) electrons. The van der Waals surface area contributed by atoms with Crippen molar-refractivity contribution in [2.24, 2.45) is 10.2 Å². The number of aromatic nitrogens is 5. The van der Waals surface area contributed by atoms with Crippen molar-refractivity contribution in [2.45, 2.75) is 26.5 Å². The van der Waals surface area contributed by atoms with E-state index >= 15 is 0 Å². The summed E-state index contributed by atoms with van der Waals surface area (Å²) in [5, 5.41) is 14.8. The molecule has 7 N–H and O–H groups in total. The highest BCUT2D eigenvalue weighted by Gasteiger charge is 2.22. The molecule has 0 aliphatic rings. The Balaban J connectivity index is 1.49. The molecule has 0 unspecified atom stereocenters. The van der Waals surface area contributed by atoms with Crippen LogP contribution in [0.2, 0.25) is 5.28 Å². The zero-order valence-corrected chi connectivity index (χ0v) is 29.5. The van der Waals surface area contributed by atoms with Crippen LogP contribution in [0.3, 0.4) is 0 Å². The molecule has 2 aromatic heterocycles. The molecule has 22 nitrogen and oxygen atoms in total. The highest BCUT2D eigenvalue weighted by atomic mass is 35.5. The van der Waals surface area contributed by atoms with Crippen molar-refractivity contribution in [3.8, 4) is 5.69 Å². The summed E-state index contributed by atoms with van der Waals surface area (Å²) in [6.07, 6.45) is 0. The van der Waals surface area contributed by atoms with E-state index in [0.29, 0.717) is 18.2 Å². The van der Waals surface area contributed by atoms with Gasteiger partial charge in [0.05, 0.1) is 26.9 Å². The molecule has 0 bridgehead atoms. The van der Waals surface area contributed by atoms with Crippen molar-refractivity contribution in [2.75, 3.05) is 10.6 Å². The lowest BCUT2D eigenvalue weighted by Crippen LogP contribution is -2.14. The second-order valence-corrected chi connectivity index (χ2v) is 16.1. The molecule has 52 heavy (non-hydrogen) atoms. The lowest BCUT2D eigenvalue weighted by atomic mass is 10.3. The summed E-state index contributed by atoms with van der Waals surface area (Å²) in [6, 6.07) is 9.65. The Morgan fingerprint density at radius 1 is 0.692 bits per heavy atom. The first-order valence-electron chi connectivity index (χ1n) is 13.5. The molecule has 0 spiro atoms. The molecule has 0 amide bonds. The molecular weight excluding hydrogens is 798 g/mol. The predicted octanol–water partition coefficient (Wildman–Crippen LogP) is 3.20. The summed E-state index contributed by atoms with van der Waals surface area (Å²) in [6.45, 7) is 1.43. The molecule has 0 atom stereocenters. The van der Waals surface area contributed by atoms with Gasteiger partial charge in [0.25, 0.3) is 46.0 Å². The maximum atomic E-state index is 13.1. The summed E-state index contributed by atoms with van der Waals surface area (Å²) in [7, 11) is -19.2. The molecule has 2 heterocycles. The number of anilines is 4. The SMILES string of the molecule is Cc1[nH]n(-c2ccc(S(=O)(=O)O)cc2)c(=O)c1N=Nc1cc(Nc2nc(Cl)nc(Nc3cc(S(=O)(=O)O)ccc3S(=O)(=O)O)n2)ccc1S(=O)(=O)O. The van der Waals surface area contributed by atoms with Crippen molar-refractivity contribution in [1.82, 2.24) is 24.7 Å². The minimum atomic E-state index is -4.95. The molecule has 5 rings (SSSR count). The topological polar surface area (TPSA) is 343 Å². The van der Waals surface area contributed by atoms with Gasteiger partial charge in [-0.3, -0.25) is 28.1 Å². The van der Waals surface area contributed by atoms with Crippen LogP contribution in [0.25, 0.3) is 5.69 Å². The zero-order chi connectivity index (χ0) is 38.4. The van der Waals surface area contributed by atoms with E-state index < -0.39 is 88.2 Å². The molecule has 274 valence electrons. The highest BCUT2D eigenvalue weighted by Crippen LogP contribution is 2.32. The molecular formula is C25H20ClN9O13S4. The second-order valence-electron chi connectivity index (χ2n) is 10.2. The molecule has 0 fully saturated rings. The van der Waals surface area contributed by atoms with Gasteiger partial charge < -0.3 is 10.6 Å². The normalized spacial score (nSPS) is 12.7. The van der Waals surface area contributed by atoms with Crippen LogP contribution in [0, 0.1) is 6.92 Å². The van der Waals surface area contributed by atoms with E-state index in [9.17, 15) is 56.7 Å². The van der Waals surface area contributed by atoms with Gasteiger partial charge in [-0.05, 0) is 79.2 Å². The minimum absolute atomic E-state index is 0.0244. The zero-order valence-electron chi connectivity index (χ0n) is 25.4. The number of H-pyrrole nitrogens is 1. The predicted molar refractivity (Wildman–Crippen MR) is 179 cm³/mol. The van der Waals surface area contributed by atoms with Gasteiger partial charge in [-0.25, -0.2) is 4.68 Å². The maximum Gasteiger partial charge on any atom is 0.299 e. The summed E-state index contributed by atoms with van der Waals surface area (Å²) >= 11 is 5.99. The average molecular weight is 818 g/mol. The van der Waals surface area contributed by atoms with E-state index in [-0.39, 0.29) is 28.7 Å². The van der Waals surface area contributed by atoms with Crippen molar-refractivity contribution < 1.29 is 51.9 Å². The largest absolute Gasteiger partial charge is 0.324 e. The number of aryl methyl sites for hydroxylation is 1. The van der Waals surface area contributed by atoms with Crippen molar-refractivity contribution in [1.29, 1.82) is 0 Å².